The van der Waals surface area contributed by atoms with Crippen LogP contribution in [0.1, 0.15) is 60.3 Å². The molecule has 4 saturated carbocycles. The van der Waals surface area contributed by atoms with Crippen LogP contribution in [0.15, 0.2) is 30.3 Å². The topological polar surface area (TPSA) is 46.9 Å². The zero-order valence-electron chi connectivity index (χ0n) is 16.4. The summed E-state index contributed by atoms with van der Waals surface area (Å²) in [5.74, 6) is 2.79. The fraction of sp³-hybridized carbons (Fsp3) is 0.565. The van der Waals surface area contributed by atoms with Gasteiger partial charge in [0.05, 0.1) is 22.6 Å². The highest BCUT2D eigenvalue weighted by molar-refractivity contribution is 5.96. The Kier molecular flexibility index (Phi) is 3.92. The van der Waals surface area contributed by atoms with Crippen molar-refractivity contribution < 1.29 is 4.79 Å². The second-order valence-corrected chi connectivity index (χ2v) is 9.39. The number of amides is 1. The second-order valence-electron chi connectivity index (χ2n) is 9.39. The molecule has 4 fully saturated rings. The van der Waals surface area contributed by atoms with Gasteiger partial charge in [0.1, 0.15) is 0 Å². The summed E-state index contributed by atoms with van der Waals surface area (Å²) in [5, 5.41) is 7.94. The van der Waals surface area contributed by atoms with Crippen LogP contribution in [0.5, 0.6) is 0 Å². The maximum atomic E-state index is 13.1. The summed E-state index contributed by atoms with van der Waals surface area (Å²) in [6, 6.07) is 10.0. The van der Waals surface area contributed by atoms with E-state index in [1.807, 2.05) is 48.9 Å². The Hall–Kier alpha value is -2.10. The number of hydrogen-bond donors (Lipinski definition) is 1. The van der Waals surface area contributed by atoms with Gasteiger partial charge in [-0.2, -0.15) is 5.10 Å². The molecule has 0 saturated heterocycles. The predicted octanol–water partition coefficient (Wildman–Crippen LogP) is 4.44. The van der Waals surface area contributed by atoms with Gasteiger partial charge in [-0.15, -0.1) is 0 Å². The number of para-hydroxylation sites is 1. The molecule has 0 spiro atoms. The van der Waals surface area contributed by atoms with E-state index in [1.165, 1.54) is 38.5 Å². The van der Waals surface area contributed by atoms with E-state index in [2.05, 4.69) is 10.4 Å². The van der Waals surface area contributed by atoms with Crippen molar-refractivity contribution >= 4 is 5.91 Å². The molecule has 0 atom stereocenters. The zero-order valence-corrected chi connectivity index (χ0v) is 16.4. The Morgan fingerprint density at radius 2 is 1.67 bits per heavy atom. The lowest BCUT2D eigenvalue weighted by Crippen LogP contribution is -2.51. The number of aryl methyl sites for hydroxylation is 1. The highest BCUT2D eigenvalue weighted by Gasteiger charge is 2.50. The van der Waals surface area contributed by atoms with Gasteiger partial charge in [-0.3, -0.25) is 4.79 Å². The van der Waals surface area contributed by atoms with Crippen LogP contribution in [0.2, 0.25) is 0 Å². The molecule has 0 aliphatic heterocycles. The first-order valence-electron chi connectivity index (χ1n) is 10.4. The van der Waals surface area contributed by atoms with Gasteiger partial charge in [0.2, 0.25) is 0 Å². The van der Waals surface area contributed by atoms with Gasteiger partial charge in [0, 0.05) is 6.54 Å². The molecule has 4 aliphatic carbocycles. The molecular weight excluding hydrogens is 334 g/mol. The van der Waals surface area contributed by atoms with E-state index in [0.29, 0.717) is 5.41 Å². The summed E-state index contributed by atoms with van der Waals surface area (Å²) in [5.41, 5.74) is 3.82. The number of carbonyl (C=O) groups is 1. The molecular formula is C23H29N3O. The number of carbonyl (C=O) groups excluding carboxylic acids is 1. The highest BCUT2D eigenvalue weighted by atomic mass is 16.1. The smallest absolute Gasteiger partial charge is 0.255 e. The summed E-state index contributed by atoms with van der Waals surface area (Å²) >= 11 is 0. The van der Waals surface area contributed by atoms with Gasteiger partial charge < -0.3 is 5.32 Å². The number of nitrogens with zero attached hydrogens (tertiary/aromatic N) is 2. The van der Waals surface area contributed by atoms with E-state index < -0.39 is 0 Å². The van der Waals surface area contributed by atoms with Crippen LogP contribution in [0, 0.1) is 37.0 Å². The van der Waals surface area contributed by atoms with Gasteiger partial charge in [-0.25, -0.2) is 4.68 Å². The third kappa shape index (κ3) is 2.90. The molecule has 1 amide bonds. The van der Waals surface area contributed by atoms with E-state index >= 15 is 0 Å². The van der Waals surface area contributed by atoms with Crippen molar-refractivity contribution in [3.63, 3.8) is 0 Å². The lowest BCUT2D eigenvalue weighted by molar-refractivity contribution is -0.0503. The Morgan fingerprint density at radius 1 is 1.07 bits per heavy atom. The molecule has 0 unspecified atom stereocenters. The van der Waals surface area contributed by atoms with E-state index in [1.54, 1.807) is 0 Å². The molecule has 4 nitrogen and oxygen atoms in total. The van der Waals surface area contributed by atoms with Crippen LogP contribution in [-0.2, 0) is 0 Å². The number of nitrogens with one attached hydrogen (secondary N) is 1. The summed E-state index contributed by atoms with van der Waals surface area (Å²) in [7, 11) is 0. The first-order chi connectivity index (χ1) is 13.0. The minimum atomic E-state index is 0.0444. The summed E-state index contributed by atoms with van der Waals surface area (Å²) in [4.78, 5) is 13.1. The fourth-order valence-electron chi connectivity index (χ4n) is 6.65. The van der Waals surface area contributed by atoms with Crippen molar-refractivity contribution in [2.24, 2.45) is 23.2 Å². The van der Waals surface area contributed by atoms with Gasteiger partial charge in [-0.05, 0) is 87.7 Å². The number of benzene rings is 1. The molecule has 6 rings (SSSR count). The quantitative estimate of drug-likeness (QED) is 0.873. The maximum Gasteiger partial charge on any atom is 0.255 e. The van der Waals surface area contributed by atoms with E-state index in [-0.39, 0.29) is 5.91 Å². The van der Waals surface area contributed by atoms with Crippen molar-refractivity contribution in [1.82, 2.24) is 15.1 Å². The van der Waals surface area contributed by atoms with Gasteiger partial charge >= 0.3 is 0 Å². The summed E-state index contributed by atoms with van der Waals surface area (Å²) in [6.07, 6.45) is 8.28. The molecule has 2 aromatic rings. The van der Waals surface area contributed by atoms with Crippen molar-refractivity contribution in [1.29, 1.82) is 0 Å². The number of aromatic nitrogens is 2. The van der Waals surface area contributed by atoms with E-state index in [0.717, 1.165) is 46.9 Å². The first-order valence-corrected chi connectivity index (χ1v) is 10.4. The Bertz CT molecular complexity index is 832. The molecule has 0 radical (unpaired) electrons. The van der Waals surface area contributed by atoms with Crippen molar-refractivity contribution in [3.8, 4) is 5.69 Å². The van der Waals surface area contributed by atoms with Crippen LogP contribution in [-0.4, -0.2) is 22.2 Å². The monoisotopic (exact) mass is 363 g/mol. The second kappa shape index (κ2) is 6.22. The average Bonchev–Trinajstić information content (AvgIpc) is 2.94. The largest absolute Gasteiger partial charge is 0.351 e. The number of hydrogen-bond acceptors (Lipinski definition) is 2. The summed E-state index contributed by atoms with van der Waals surface area (Å²) < 4.78 is 1.88. The molecule has 142 valence electrons. The van der Waals surface area contributed by atoms with Crippen LogP contribution >= 0.6 is 0 Å². The first kappa shape index (κ1) is 17.0. The van der Waals surface area contributed by atoms with Crippen LogP contribution < -0.4 is 5.32 Å². The summed E-state index contributed by atoms with van der Waals surface area (Å²) in [6.45, 7) is 4.77. The minimum absolute atomic E-state index is 0.0444. The standard InChI is InChI=1S/C23H29N3O/c1-15-21(16(2)26(25-15)20-6-4-3-5-7-20)22(27)24-14-23-11-17-8-18(12-23)10-19(9-17)13-23/h3-7,17-19H,8-14H2,1-2H3,(H,24,27). The Balaban J connectivity index is 1.34. The van der Waals surface area contributed by atoms with Crippen molar-refractivity contribution in [2.45, 2.75) is 52.4 Å². The zero-order chi connectivity index (χ0) is 18.6. The van der Waals surface area contributed by atoms with E-state index in [9.17, 15) is 4.79 Å². The molecule has 4 aliphatic rings. The van der Waals surface area contributed by atoms with Crippen molar-refractivity contribution in [3.05, 3.63) is 47.3 Å². The predicted molar refractivity (Wildman–Crippen MR) is 106 cm³/mol. The molecule has 1 heterocycles. The molecule has 4 heteroatoms. The third-order valence-corrected chi connectivity index (χ3v) is 7.31. The normalized spacial score (nSPS) is 31.3. The Labute approximate surface area is 161 Å². The van der Waals surface area contributed by atoms with E-state index in [4.69, 9.17) is 0 Å². The Morgan fingerprint density at radius 3 is 2.26 bits per heavy atom. The highest BCUT2D eigenvalue weighted by Crippen LogP contribution is 2.59. The maximum absolute atomic E-state index is 13.1. The lowest BCUT2D eigenvalue weighted by atomic mass is 9.49. The molecule has 27 heavy (non-hydrogen) atoms. The van der Waals surface area contributed by atoms with Crippen LogP contribution in [0.25, 0.3) is 5.69 Å². The number of rotatable bonds is 4. The SMILES string of the molecule is Cc1nn(-c2ccccc2)c(C)c1C(=O)NCC12CC3CC(CC(C3)C1)C2. The fourth-order valence-corrected chi connectivity index (χ4v) is 6.65. The third-order valence-electron chi connectivity index (χ3n) is 7.31. The van der Waals surface area contributed by atoms with Crippen LogP contribution in [0.4, 0.5) is 0 Å². The minimum Gasteiger partial charge on any atom is -0.351 e. The average molecular weight is 364 g/mol. The van der Waals surface area contributed by atoms with Gasteiger partial charge in [0.15, 0.2) is 0 Å². The molecule has 1 N–H and O–H groups in total. The molecule has 1 aromatic heterocycles. The van der Waals surface area contributed by atoms with Gasteiger partial charge in [0.25, 0.3) is 5.91 Å². The van der Waals surface area contributed by atoms with Crippen LogP contribution in [0.3, 0.4) is 0 Å². The molecule has 1 aromatic carbocycles. The molecule has 4 bridgehead atoms. The van der Waals surface area contributed by atoms with Crippen molar-refractivity contribution in [2.75, 3.05) is 6.54 Å². The van der Waals surface area contributed by atoms with Gasteiger partial charge in [-0.1, -0.05) is 18.2 Å². The lowest BCUT2D eigenvalue weighted by Gasteiger charge is -2.56.